The van der Waals surface area contributed by atoms with E-state index in [1.54, 1.807) is 0 Å². The molecule has 3 atom stereocenters. The van der Waals surface area contributed by atoms with Gasteiger partial charge in [0.15, 0.2) is 6.54 Å². The summed E-state index contributed by atoms with van der Waals surface area (Å²) in [6.45, 7) is 7.19. The molecule has 1 saturated carbocycles. The van der Waals surface area contributed by atoms with E-state index < -0.39 is 0 Å². The summed E-state index contributed by atoms with van der Waals surface area (Å²) in [4.78, 5) is 12.0. The molecule has 2 unspecified atom stereocenters. The minimum atomic E-state index is -0.0488. The smallest absolute Gasteiger partial charge is 0.362 e. The van der Waals surface area contributed by atoms with Crippen molar-refractivity contribution in [2.24, 2.45) is 17.8 Å². The molecule has 1 aliphatic carbocycles. The molecule has 1 rings (SSSR count). The molecular formula is C15H31ClNO2+. The molecule has 0 aromatic carbocycles. The van der Waals surface area contributed by atoms with Gasteiger partial charge in [-0.05, 0) is 30.6 Å². The molecule has 1 fully saturated rings. The third kappa shape index (κ3) is 6.62. The molecule has 1 aliphatic rings. The van der Waals surface area contributed by atoms with E-state index in [9.17, 15) is 4.79 Å². The Morgan fingerprint density at radius 1 is 1.26 bits per heavy atom. The molecule has 0 spiro atoms. The van der Waals surface area contributed by atoms with Crippen molar-refractivity contribution in [3.05, 3.63) is 0 Å². The molecule has 114 valence electrons. The van der Waals surface area contributed by atoms with E-state index in [2.05, 4.69) is 20.8 Å². The van der Waals surface area contributed by atoms with Crippen LogP contribution in [0.25, 0.3) is 0 Å². The number of carbonyl (C=O) groups excluding carboxylic acids is 1. The number of rotatable bonds is 4. The summed E-state index contributed by atoms with van der Waals surface area (Å²) in [6.07, 6.45) is 3.63. The molecule has 0 bridgehead atoms. The summed E-state index contributed by atoms with van der Waals surface area (Å²) in [6, 6.07) is 0. The number of carbonyl (C=O) groups is 1. The zero-order chi connectivity index (χ0) is 13.9. The maximum atomic E-state index is 12.0. The Morgan fingerprint density at radius 3 is 2.32 bits per heavy atom. The van der Waals surface area contributed by atoms with E-state index in [1.807, 2.05) is 21.1 Å². The largest absolute Gasteiger partial charge is 0.458 e. The van der Waals surface area contributed by atoms with Crippen LogP contribution in [0.4, 0.5) is 0 Å². The number of hydrogen-bond donors (Lipinski definition) is 0. The van der Waals surface area contributed by atoms with Crippen molar-refractivity contribution in [2.75, 3.05) is 27.7 Å². The number of hydrogen-bond acceptors (Lipinski definition) is 2. The first-order valence-electron chi connectivity index (χ1n) is 7.19. The van der Waals surface area contributed by atoms with Gasteiger partial charge in [0, 0.05) is 0 Å². The van der Waals surface area contributed by atoms with Gasteiger partial charge in [0.25, 0.3) is 0 Å². The standard InChI is InChI=1S/C15H30NO2.ClH/c1-11(2)13-8-7-12(3)9-14(13)18-15(17)10-16(4,5)6;/h11-14H,7-10H2,1-6H3;1H/q+1;/t12?,13?,14-;/m0./s1. The number of quaternary nitrogens is 1. The Balaban J connectivity index is 0.00000324. The molecule has 0 aromatic heterocycles. The van der Waals surface area contributed by atoms with Gasteiger partial charge in [0.05, 0.1) is 21.1 Å². The summed E-state index contributed by atoms with van der Waals surface area (Å²) >= 11 is 0. The van der Waals surface area contributed by atoms with E-state index in [-0.39, 0.29) is 24.5 Å². The van der Waals surface area contributed by atoms with Crippen molar-refractivity contribution in [3.63, 3.8) is 0 Å². The summed E-state index contributed by atoms with van der Waals surface area (Å²) in [5.74, 6) is 1.77. The topological polar surface area (TPSA) is 26.3 Å². The molecule has 0 aromatic rings. The van der Waals surface area contributed by atoms with Gasteiger partial charge in [-0.3, -0.25) is 0 Å². The molecule has 0 N–H and O–H groups in total. The highest BCUT2D eigenvalue weighted by molar-refractivity contribution is 5.85. The second-order valence-electron chi connectivity index (χ2n) is 7.30. The highest BCUT2D eigenvalue weighted by Crippen LogP contribution is 2.35. The summed E-state index contributed by atoms with van der Waals surface area (Å²) in [5.41, 5.74) is 0. The Bertz CT molecular complexity index is 286. The number of halogens is 1. The van der Waals surface area contributed by atoms with Crippen LogP contribution < -0.4 is 0 Å². The predicted molar refractivity (Wildman–Crippen MR) is 81.4 cm³/mol. The predicted octanol–water partition coefficient (Wildman–Crippen LogP) is 3.12. The van der Waals surface area contributed by atoms with Gasteiger partial charge < -0.3 is 9.22 Å². The van der Waals surface area contributed by atoms with Gasteiger partial charge in [-0.15, -0.1) is 12.4 Å². The lowest BCUT2D eigenvalue weighted by atomic mass is 9.75. The average molecular weight is 293 g/mol. The van der Waals surface area contributed by atoms with Crippen LogP contribution in [-0.4, -0.2) is 44.2 Å². The normalized spacial score (nSPS) is 27.8. The van der Waals surface area contributed by atoms with E-state index >= 15 is 0 Å². The van der Waals surface area contributed by atoms with E-state index in [0.717, 1.165) is 6.42 Å². The van der Waals surface area contributed by atoms with Crippen molar-refractivity contribution in [2.45, 2.75) is 46.1 Å². The van der Waals surface area contributed by atoms with Gasteiger partial charge in [0.1, 0.15) is 6.10 Å². The second-order valence-corrected chi connectivity index (χ2v) is 7.30. The maximum Gasteiger partial charge on any atom is 0.362 e. The first-order chi connectivity index (χ1) is 8.19. The molecule has 0 amide bonds. The van der Waals surface area contributed by atoms with Gasteiger partial charge >= 0.3 is 5.97 Å². The van der Waals surface area contributed by atoms with Crippen molar-refractivity contribution in [1.29, 1.82) is 0 Å². The number of likely N-dealkylation sites (N-methyl/N-ethyl adjacent to an activating group) is 1. The minimum Gasteiger partial charge on any atom is -0.458 e. The van der Waals surface area contributed by atoms with Crippen LogP contribution in [0.2, 0.25) is 0 Å². The van der Waals surface area contributed by atoms with Crippen LogP contribution in [-0.2, 0) is 9.53 Å². The molecule has 19 heavy (non-hydrogen) atoms. The quantitative estimate of drug-likeness (QED) is 0.588. The summed E-state index contributed by atoms with van der Waals surface area (Å²) in [7, 11) is 6.06. The fraction of sp³-hybridized carbons (Fsp3) is 0.933. The van der Waals surface area contributed by atoms with Gasteiger partial charge in [-0.25, -0.2) is 4.79 Å². The Kier molecular flexibility index (Phi) is 7.38. The fourth-order valence-corrected chi connectivity index (χ4v) is 2.84. The van der Waals surface area contributed by atoms with Crippen LogP contribution in [0.15, 0.2) is 0 Å². The zero-order valence-electron chi connectivity index (χ0n) is 13.3. The molecule has 0 radical (unpaired) electrons. The Hall–Kier alpha value is -0.280. The molecule has 0 heterocycles. The number of nitrogens with zero attached hydrogens (tertiary/aromatic N) is 1. The van der Waals surface area contributed by atoms with E-state index in [1.165, 1.54) is 12.8 Å². The molecule has 3 nitrogen and oxygen atoms in total. The Labute approximate surface area is 124 Å². The molecular weight excluding hydrogens is 262 g/mol. The van der Waals surface area contributed by atoms with Crippen LogP contribution in [0.5, 0.6) is 0 Å². The van der Waals surface area contributed by atoms with Crippen molar-refractivity contribution in [3.8, 4) is 0 Å². The summed E-state index contributed by atoms with van der Waals surface area (Å²) in [5, 5.41) is 0. The third-order valence-corrected chi connectivity index (χ3v) is 3.85. The fourth-order valence-electron chi connectivity index (χ4n) is 2.84. The zero-order valence-corrected chi connectivity index (χ0v) is 14.1. The highest BCUT2D eigenvalue weighted by atomic mass is 35.5. The Morgan fingerprint density at radius 2 is 1.84 bits per heavy atom. The summed E-state index contributed by atoms with van der Waals surface area (Å²) < 4.78 is 6.39. The molecule has 0 saturated heterocycles. The van der Waals surface area contributed by atoms with Gasteiger partial charge in [0.2, 0.25) is 0 Å². The maximum absolute atomic E-state index is 12.0. The SMILES string of the molecule is CC1CCC(C(C)C)[C@@H](OC(=O)C[N+](C)(C)C)C1.Cl. The number of ether oxygens (including phenoxy) is 1. The first-order valence-corrected chi connectivity index (χ1v) is 7.19. The average Bonchev–Trinajstić information content (AvgIpc) is 2.13. The third-order valence-electron chi connectivity index (χ3n) is 3.85. The monoisotopic (exact) mass is 292 g/mol. The lowest BCUT2D eigenvalue weighted by Gasteiger charge is -2.37. The lowest BCUT2D eigenvalue weighted by molar-refractivity contribution is -0.862. The van der Waals surface area contributed by atoms with Crippen LogP contribution in [0.1, 0.15) is 40.0 Å². The first kappa shape index (κ1) is 18.7. The highest BCUT2D eigenvalue weighted by Gasteiger charge is 2.34. The lowest BCUT2D eigenvalue weighted by Crippen LogP contribution is -2.43. The molecule has 0 aliphatic heterocycles. The molecule has 4 heteroatoms. The van der Waals surface area contributed by atoms with Crippen LogP contribution in [0.3, 0.4) is 0 Å². The minimum absolute atomic E-state index is 0. The second kappa shape index (κ2) is 7.49. The van der Waals surface area contributed by atoms with Crippen molar-refractivity contribution < 1.29 is 14.0 Å². The van der Waals surface area contributed by atoms with E-state index in [0.29, 0.717) is 28.8 Å². The van der Waals surface area contributed by atoms with Gasteiger partial charge in [-0.2, -0.15) is 0 Å². The van der Waals surface area contributed by atoms with Gasteiger partial charge in [-0.1, -0.05) is 27.2 Å². The van der Waals surface area contributed by atoms with E-state index in [4.69, 9.17) is 4.74 Å². The van der Waals surface area contributed by atoms with Crippen molar-refractivity contribution in [1.82, 2.24) is 0 Å². The van der Waals surface area contributed by atoms with Crippen LogP contribution >= 0.6 is 12.4 Å². The van der Waals surface area contributed by atoms with Crippen molar-refractivity contribution >= 4 is 18.4 Å². The number of esters is 1. The van der Waals surface area contributed by atoms with Crippen LogP contribution in [0, 0.1) is 17.8 Å².